The summed E-state index contributed by atoms with van der Waals surface area (Å²) in [6.45, 7) is 0. The Bertz CT molecular complexity index is 599. The van der Waals surface area contributed by atoms with Crippen LogP contribution in [0, 0.1) is 11.3 Å². The van der Waals surface area contributed by atoms with E-state index in [1.54, 1.807) is 0 Å². The Morgan fingerprint density at radius 3 is 2.53 bits per heavy atom. The molecular weight excluding hydrogens is 256 g/mol. The highest BCUT2D eigenvalue weighted by atomic mass is 35.5. The molecule has 0 aliphatic heterocycles. The van der Waals surface area contributed by atoms with Crippen molar-refractivity contribution in [3.63, 3.8) is 0 Å². The number of nitrogens with one attached hydrogen (secondary N) is 1. The third-order valence-corrected chi connectivity index (χ3v) is 3.49. The first-order valence-electron chi connectivity index (χ1n) is 6.21. The quantitative estimate of drug-likeness (QED) is 0.893. The Labute approximate surface area is 119 Å². The number of aryl methyl sites for hydroxylation is 1. The molecule has 0 saturated heterocycles. The number of fused-ring (bicyclic) bond motifs is 1. The second-order valence-electron chi connectivity index (χ2n) is 4.62. The molecule has 0 amide bonds. The second-order valence-corrected chi connectivity index (χ2v) is 4.62. The number of halogens is 1. The van der Waals surface area contributed by atoms with Crippen LogP contribution in [0.4, 0.5) is 5.69 Å². The Morgan fingerprint density at radius 1 is 1.05 bits per heavy atom. The number of benzene rings is 2. The molecule has 1 atom stereocenters. The van der Waals surface area contributed by atoms with E-state index in [4.69, 9.17) is 5.26 Å². The minimum Gasteiger partial charge on any atom is -0.378 e. The Hall–Kier alpha value is -1.98. The summed E-state index contributed by atoms with van der Waals surface area (Å²) in [5.41, 5.74) is 4.63. The predicted octanol–water partition coefficient (Wildman–Crippen LogP) is 4.08. The van der Waals surface area contributed by atoms with Crippen LogP contribution in [0.3, 0.4) is 0 Å². The minimum atomic E-state index is 0. The lowest BCUT2D eigenvalue weighted by atomic mass is 10.1. The normalized spacial score (nSPS) is 16.1. The van der Waals surface area contributed by atoms with Crippen LogP contribution in [-0.2, 0) is 6.42 Å². The summed E-state index contributed by atoms with van der Waals surface area (Å²) >= 11 is 0. The van der Waals surface area contributed by atoms with Crippen molar-refractivity contribution in [3.8, 4) is 6.07 Å². The van der Waals surface area contributed by atoms with Gasteiger partial charge >= 0.3 is 0 Å². The van der Waals surface area contributed by atoms with Crippen molar-refractivity contribution in [3.05, 3.63) is 65.2 Å². The van der Waals surface area contributed by atoms with Gasteiger partial charge in [-0.2, -0.15) is 5.26 Å². The van der Waals surface area contributed by atoms with Gasteiger partial charge in [0.25, 0.3) is 0 Å². The third kappa shape index (κ3) is 2.72. The Balaban J connectivity index is 0.00000133. The fraction of sp³-hybridized carbons (Fsp3) is 0.188. The highest BCUT2D eigenvalue weighted by Crippen LogP contribution is 2.33. The van der Waals surface area contributed by atoms with Gasteiger partial charge in [-0.1, -0.05) is 24.3 Å². The molecule has 0 bridgehead atoms. The van der Waals surface area contributed by atoms with Crippen molar-refractivity contribution in [1.29, 1.82) is 5.26 Å². The summed E-state index contributed by atoms with van der Waals surface area (Å²) in [6, 6.07) is 18.8. The Morgan fingerprint density at radius 2 is 1.79 bits per heavy atom. The van der Waals surface area contributed by atoms with Gasteiger partial charge in [0.15, 0.2) is 0 Å². The maximum Gasteiger partial charge on any atom is 0.0991 e. The zero-order chi connectivity index (χ0) is 12.4. The van der Waals surface area contributed by atoms with Crippen LogP contribution in [0.2, 0.25) is 0 Å². The van der Waals surface area contributed by atoms with E-state index in [2.05, 4.69) is 35.7 Å². The van der Waals surface area contributed by atoms with Gasteiger partial charge in [0.2, 0.25) is 0 Å². The first kappa shape index (κ1) is 13.5. The van der Waals surface area contributed by atoms with Gasteiger partial charge in [-0.3, -0.25) is 0 Å². The summed E-state index contributed by atoms with van der Waals surface area (Å²) in [5.74, 6) is 0. The van der Waals surface area contributed by atoms with Crippen LogP contribution in [-0.4, -0.2) is 0 Å². The zero-order valence-corrected chi connectivity index (χ0v) is 11.3. The highest BCUT2D eigenvalue weighted by Gasteiger charge is 2.21. The molecule has 1 aliphatic rings. The fourth-order valence-electron chi connectivity index (χ4n) is 2.55. The topological polar surface area (TPSA) is 35.8 Å². The molecule has 2 aromatic rings. The van der Waals surface area contributed by atoms with Gasteiger partial charge in [0.1, 0.15) is 0 Å². The van der Waals surface area contributed by atoms with Gasteiger partial charge in [0, 0.05) is 5.69 Å². The van der Waals surface area contributed by atoms with Gasteiger partial charge in [-0.05, 0) is 48.2 Å². The first-order valence-corrected chi connectivity index (χ1v) is 6.21. The molecular formula is C16H15ClN2. The van der Waals surface area contributed by atoms with Gasteiger partial charge < -0.3 is 5.32 Å². The Kier molecular flexibility index (Phi) is 4.09. The summed E-state index contributed by atoms with van der Waals surface area (Å²) in [7, 11) is 0. The van der Waals surface area contributed by atoms with Crippen LogP contribution in [0.15, 0.2) is 48.5 Å². The number of rotatable bonds is 2. The number of nitrogens with zero attached hydrogens (tertiary/aromatic N) is 1. The van der Waals surface area contributed by atoms with Crippen molar-refractivity contribution in [1.82, 2.24) is 0 Å². The van der Waals surface area contributed by atoms with Crippen LogP contribution in [0.5, 0.6) is 0 Å². The monoisotopic (exact) mass is 270 g/mol. The van der Waals surface area contributed by atoms with E-state index in [-0.39, 0.29) is 12.4 Å². The van der Waals surface area contributed by atoms with E-state index < -0.39 is 0 Å². The lowest BCUT2D eigenvalue weighted by Crippen LogP contribution is -2.06. The predicted molar refractivity (Wildman–Crippen MR) is 79.5 cm³/mol. The maximum absolute atomic E-state index is 8.77. The summed E-state index contributed by atoms with van der Waals surface area (Å²) in [4.78, 5) is 0. The summed E-state index contributed by atoms with van der Waals surface area (Å²) < 4.78 is 0. The smallest absolute Gasteiger partial charge is 0.0991 e. The van der Waals surface area contributed by atoms with E-state index in [0.717, 1.165) is 18.5 Å². The van der Waals surface area contributed by atoms with Gasteiger partial charge in [-0.25, -0.2) is 0 Å². The van der Waals surface area contributed by atoms with Crippen LogP contribution in [0.25, 0.3) is 0 Å². The average Bonchev–Trinajstić information content (AvgIpc) is 2.83. The SMILES string of the molecule is Cl.N#Cc1ccc(NC2CCc3ccccc32)cc1. The van der Waals surface area contributed by atoms with Crippen molar-refractivity contribution >= 4 is 18.1 Å². The summed E-state index contributed by atoms with van der Waals surface area (Å²) in [5, 5.41) is 12.3. The van der Waals surface area contributed by atoms with E-state index in [9.17, 15) is 0 Å². The van der Waals surface area contributed by atoms with E-state index >= 15 is 0 Å². The molecule has 0 fully saturated rings. The molecule has 0 spiro atoms. The van der Waals surface area contributed by atoms with E-state index in [0.29, 0.717) is 11.6 Å². The molecule has 0 saturated carbocycles. The van der Waals surface area contributed by atoms with Gasteiger partial charge in [0.05, 0.1) is 17.7 Å². The maximum atomic E-state index is 8.77. The highest BCUT2D eigenvalue weighted by molar-refractivity contribution is 5.85. The first-order chi connectivity index (χ1) is 8.86. The van der Waals surface area contributed by atoms with E-state index in [1.165, 1.54) is 11.1 Å². The molecule has 3 rings (SSSR count). The van der Waals surface area contributed by atoms with Crippen LogP contribution in [0.1, 0.15) is 29.2 Å². The molecule has 96 valence electrons. The number of hydrogen-bond donors (Lipinski definition) is 1. The minimum absolute atomic E-state index is 0. The van der Waals surface area contributed by atoms with Crippen molar-refractivity contribution < 1.29 is 0 Å². The lowest BCUT2D eigenvalue weighted by molar-refractivity contribution is 0.762. The molecule has 19 heavy (non-hydrogen) atoms. The second kappa shape index (κ2) is 5.77. The largest absolute Gasteiger partial charge is 0.378 e. The van der Waals surface area contributed by atoms with E-state index in [1.807, 2.05) is 24.3 Å². The standard InChI is InChI=1S/C16H14N2.ClH/c17-11-12-5-8-14(9-6-12)18-16-10-7-13-3-1-2-4-15(13)16;/h1-6,8-9,16,18H,7,10H2;1H. The number of hydrogen-bond acceptors (Lipinski definition) is 2. The molecule has 1 N–H and O–H groups in total. The van der Waals surface area contributed by atoms with Crippen molar-refractivity contribution in [2.24, 2.45) is 0 Å². The molecule has 2 aromatic carbocycles. The van der Waals surface area contributed by atoms with Crippen molar-refractivity contribution in [2.45, 2.75) is 18.9 Å². The molecule has 0 heterocycles. The zero-order valence-electron chi connectivity index (χ0n) is 10.5. The molecule has 1 unspecified atom stereocenters. The van der Waals surface area contributed by atoms with Crippen molar-refractivity contribution in [2.75, 3.05) is 5.32 Å². The molecule has 2 nitrogen and oxygen atoms in total. The molecule has 0 radical (unpaired) electrons. The number of anilines is 1. The molecule has 1 aliphatic carbocycles. The van der Waals surface area contributed by atoms with Gasteiger partial charge in [-0.15, -0.1) is 12.4 Å². The fourth-order valence-corrected chi connectivity index (χ4v) is 2.55. The number of nitriles is 1. The average molecular weight is 271 g/mol. The van der Waals surface area contributed by atoms with Crippen LogP contribution < -0.4 is 5.32 Å². The third-order valence-electron chi connectivity index (χ3n) is 3.49. The summed E-state index contributed by atoms with van der Waals surface area (Å²) in [6.07, 6.45) is 2.28. The lowest BCUT2D eigenvalue weighted by Gasteiger charge is -2.15. The molecule has 0 aromatic heterocycles. The van der Waals surface area contributed by atoms with Crippen LogP contribution >= 0.6 is 12.4 Å². The molecule has 3 heteroatoms.